The highest BCUT2D eigenvalue weighted by Crippen LogP contribution is 2.76. The monoisotopic (exact) mass is 488 g/mol. The molecular formula is C31H52O4. The van der Waals surface area contributed by atoms with Crippen molar-refractivity contribution < 1.29 is 19.7 Å². The van der Waals surface area contributed by atoms with E-state index in [4.69, 9.17) is 4.74 Å². The van der Waals surface area contributed by atoms with Gasteiger partial charge in [0, 0.05) is 12.8 Å². The Kier molecular flexibility index (Phi) is 5.73. The zero-order chi connectivity index (χ0) is 25.8. The smallest absolute Gasteiger partial charge is 0.303 e. The number of hydrogen-bond acceptors (Lipinski definition) is 4. The summed E-state index contributed by atoms with van der Waals surface area (Å²) in [6.07, 6.45) is 9.51. The molecule has 0 aromatic rings. The zero-order valence-corrected chi connectivity index (χ0v) is 23.7. The molecule has 35 heavy (non-hydrogen) atoms. The van der Waals surface area contributed by atoms with Gasteiger partial charge >= 0.3 is 5.97 Å². The first-order valence-electron chi connectivity index (χ1n) is 14.6. The van der Waals surface area contributed by atoms with Gasteiger partial charge in [-0.25, -0.2) is 0 Å². The first kappa shape index (κ1) is 26.0. The topological polar surface area (TPSA) is 66.8 Å². The van der Waals surface area contributed by atoms with Crippen molar-refractivity contribution in [3.63, 3.8) is 0 Å². The fraction of sp³-hybridized carbons (Fsp3) is 0.968. The Morgan fingerprint density at radius 1 is 0.800 bits per heavy atom. The molecule has 2 unspecified atom stereocenters. The van der Waals surface area contributed by atoms with Crippen LogP contribution < -0.4 is 0 Å². The number of aliphatic hydroxyl groups is 2. The maximum absolute atomic E-state index is 12.3. The van der Waals surface area contributed by atoms with E-state index < -0.39 is 5.60 Å². The fourth-order valence-electron chi connectivity index (χ4n) is 11.4. The van der Waals surface area contributed by atoms with E-state index in [2.05, 4.69) is 48.5 Å². The molecule has 200 valence electrons. The number of ether oxygens (including phenoxy) is 1. The Labute approximate surface area is 214 Å². The van der Waals surface area contributed by atoms with E-state index in [-0.39, 0.29) is 57.1 Å². The lowest BCUT2D eigenvalue weighted by atomic mass is 9.32. The van der Waals surface area contributed by atoms with Gasteiger partial charge in [-0.15, -0.1) is 0 Å². The normalized spacial score (nSPS) is 54.5. The molecule has 2 N–H and O–H groups in total. The van der Waals surface area contributed by atoms with Crippen LogP contribution in [0.4, 0.5) is 0 Å². The maximum Gasteiger partial charge on any atom is 0.303 e. The predicted molar refractivity (Wildman–Crippen MR) is 139 cm³/mol. The molecule has 0 amide bonds. The predicted octanol–water partition coefficient (Wildman–Crippen LogP) is 6.52. The molecule has 5 aliphatic carbocycles. The van der Waals surface area contributed by atoms with Gasteiger partial charge in [0.25, 0.3) is 0 Å². The average Bonchev–Trinajstić information content (AvgIpc) is 2.73. The average molecular weight is 489 g/mol. The number of fused-ring (bicyclic) bond motifs is 7. The van der Waals surface area contributed by atoms with Crippen LogP contribution in [-0.4, -0.2) is 34.0 Å². The Hall–Kier alpha value is -0.610. The minimum Gasteiger partial charge on any atom is -0.459 e. The third-order valence-corrected chi connectivity index (χ3v) is 13.5. The van der Waals surface area contributed by atoms with Gasteiger partial charge in [0.15, 0.2) is 0 Å². The van der Waals surface area contributed by atoms with E-state index in [0.29, 0.717) is 11.8 Å². The molecule has 0 spiro atoms. The van der Waals surface area contributed by atoms with Gasteiger partial charge in [-0.3, -0.25) is 4.79 Å². The Morgan fingerprint density at radius 3 is 2.11 bits per heavy atom. The van der Waals surface area contributed by atoms with Gasteiger partial charge in [-0.2, -0.15) is 0 Å². The van der Waals surface area contributed by atoms with Crippen molar-refractivity contribution in [3.8, 4) is 0 Å². The summed E-state index contributed by atoms with van der Waals surface area (Å²) in [5.41, 5.74) is 0.0170. The van der Waals surface area contributed by atoms with Crippen molar-refractivity contribution in [2.75, 3.05) is 0 Å². The lowest BCUT2D eigenvalue weighted by Gasteiger charge is -2.74. The number of esters is 1. The summed E-state index contributed by atoms with van der Waals surface area (Å²) < 4.78 is 6.25. The van der Waals surface area contributed by atoms with Crippen LogP contribution in [0.5, 0.6) is 0 Å². The quantitative estimate of drug-likeness (QED) is 0.413. The number of aliphatic hydroxyl groups excluding tert-OH is 2. The molecule has 5 rings (SSSR count). The molecule has 5 fully saturated rings. The van der Waals surface area contributed by atoms with Crippen molar-refractivity contribution in [3.05, 3.63) is 0 Å². The van der Waals surface area contributed by atoms with Gasteiger partial charge in [-0.1, -0.05) is 48.5 Å². The van der Waals surface area contributed by atoms with Gasteiger partial charge in [-0.05, 0) is 109 Å². The minimum atomic E-state index is -0.409. The number of carbonyl (C=O) groups excluding carboxylic acids is 1. The molecule has 5 saturated carbocycles. The van der Waals surface area contributed by atoms with Gasteiger partial charge in [0.05, 0.1) is 12.2 Å². The minimum absolute atomic E-state index is 0.0191. The van der Waals surface area contributed by atoms with Crippen molar-refractivity contribution in [2.45, 2.75) is 137 Å². The van der Waals surface area contributed by atoms with Crippen molar-refractivity contribution in [1.82, 2.24) is 0 Å². The highest BCUT2D eigenvalue weighted by Gasteiger charge is 2.72. The first-order chi connectivity index (χ1) is 16.0. The molecule has 5 aliphatic rings. The highest BCUT2D eigenvalue weighted by atomic mass is 16.6. The third-order valence-electron chi connectivity index (χ3n) is 13.5. The Morgan fingerprint density at radius 2 is 1.46 bits per heavy atom. The Balaban J connectivity index is 1.57. The molecule has 10 atom stereocenters. The van der Waals surface area contributed by atoms with Crippen LogP contribution in [-0.2, 0) is 9.53 Å². The first-order valence-corrected chi connectivity index (χ1v) is 14.6. The van der Waals surface area contributed by atoms with E-state index in [1.165, 1.54) is 6.42 Å². The van der Waals surface area contributed by atoms with Crippen molar-refractivity contribution in [1.29, 1.82) is 0 Å². The SMILES string of the molecule is CC(=O)O[C@]12CCC(C)(C)CC1C1[C@H](O)C[C@@H]3[C@@]4(C)CC[C@H](O)C(C)(C)[C@@H]4CC[C@@]3(C)[C@]1(C)CC2. The largest absolute Gasteiger partial charge is 0.459 e. The van der Waals surface area contributed by atoms with Crippen molar-refractivity contribution >= 4 is 5.97 Å². The summed E-state index contributed by atoms with van der Waals surface area (Å²) in [6.45, 7) is 18.4. The van der Waals surface area contributed by atoms with Crippen LogP contribution in [0.15, 0.2) is 0 Å². The molecule has 0 aliphatic heterocycles. The number of carbonyl (C=O) groups is 1. The van der Waals surface area contributed by atoms with E-state index in [1.54, 1.807) is 6.92 Å². The second-order valence-corrected chi connectivity index (χ2v) is 15.8. The summed E-state index contributed by atoms with van der Waals surface area (Å²) in [5.74, 6) is 1.16. The molecular weight excluding hydrogens is 436 g/mol. The van der Waals surface area contributed by atoms with E-state index >= 15 is 0 Å². The van der Waals surface area contributed by atoms with Gasteiger partial charge in [0.2, 0.25) is 0 Å². The van der Waals surface area contributed by atoms with E-state index in [9.17, 15) is 15.0 Å². The van der Waals surface area contributed by atoms with Crippen molar-refractivity contribution in [2.24, 2.45) is 50.7 Å². The summed E-state index contributed by atoms with van der Waals surface area (Å²) in [5, 5.41) is 23.0. The molecule has 0 saturated heterocycles. The van der Waals surface area contributed by atoms with Crippen LogP contribution in [0.25, 0.3) is 0 Å². The fourth-order valence-corrected chi connectivity index (χ4v) is 11.4. The molecule has 0 bridgehead atoms. The molecule has 0 heterocycles. The lowest BCUT2D eigenvalue weighted by Crippen LogP contribution is -2.71. The molecule has 0 aromatic heterocycles. The Bertz CT molecular complexity index is 879. The highest BCUT2D eigenvalue weighted by molar-refractivity contribution is 5.66. The van der Waals surface area contributed by atoms with Crippen LogP contribution in [0.1, 0.15) is 120 Å². The van der Waals surface area contributed by atoms with Gasteiger partial charge < -0.3 is 14.9 Å². The van der Waals surface area contributed by atoms with Crippen LogP contribution in [0.2, 0.25) is 0 Å². The molecule has 4 nitrogen and oxygen atoms in total. The molecule has 0 radical (unpaired) electrons. The molecule has 0 aromatic carbocycles. The second-order valence-electron chi connectivity index (χ2n) is 15.8. The van der Waals surface area contributed by atoms with Crippen LogP contribution >= 0.6 is 0 Å². The summed E-state index contributed by atoms with van der Waals surface area (Å²) in [7, 11) is 0. The maximum atomic E-state index is 12.3. The van der Waals surface area contributed by atoms with Crippen LogP contribution in [0, 0.1) is 50.7 Å². The third kappa shape index (κ3) is 3.40. The van der Waals surface area contributed by atoms with Gasteiger partial charge in [0.1, 0.15) is 5.60 Å². The molecule has 4 heteroatoms. The summed E-state index contributed by atoms with van der Waals surface area (Å²) in [6, 6.07) is 0. The van der Waals surface area contributed by atoms with Crippen LogP contribution in [0.3, 0.4) is 0 Å². The summed E-state index contributed by atoms with van der Waals surface area (Å²) >= 11 is 0. The lowest BCUT2D eigenvalue weighted by molar-refractivity contribution is -0.289. The standard InChI is InChI=1S/C31H52O4/c1-19(32)35-31-15-13-26(2,3)18-20(31)25-21(33)17-23-28(6)11-10-24(34)27(4,5)22(28)9-12-29(23,7)30(25,8)14-16-31/h20-25,33-34H,9-18H2,1-8H3/t20?,21-,22+,23-,24+,25?,28+,29-,30-,31+/m1/s1. The van der Waals surface area contributed by atoms with E-state index in [1.807, 2.05) is 0 Å². The second kappa shape index (κ2) is 7.71. The zero-order valence-electron chi connectivity index (χ0n) is 23.7. The summed E-state index contributed by atoms with van der Waals surface area (Å²) in [4.78, 5) is 12.3. The number of rotatable bonds is 1. The number of hydrogen-bond donors (Lipinski definition) is 2. The van der Waals surface area contributed by atoms with E-state index in [0.717, 1.165) is 57.8 Å².